The zero-order chi connectivity index (χ0) is 39.6. The van der Waals surface area contributed by atoms with Gasteiger partial charge >= 0.3 is 7.12 Å². The quantitative estimate of drug-likeness (QED) is 0.0858. The second-order valence-corrected chi connectivity index (χ2v) is 21.4. The molecule has 4 atom stereocenters. The van der Waals surface area contributed by atoms with Crippen molar-refractivity contribution >= 4 is 65.2 Å². The maximum atomic E-state index is 14.1. The zero-order valence-corrected chi connectivity index (χ0v) is 35.1. The zero-order valence-electron chi connectivity index (χ0n) is 32.5. The van der Waals surface area contributed by atoms with Crippen molar-refractivity contribution in [3.63, 3.8) is 0 Å². The van der Waals surface area contributed by atoms with Crippen LogP contribution in [0.2, 0.25) is 11.4 Å². The van der Waals surface area contributed by atoms with Crippen LogP contribution in [0.5, 0.6) is 5.75 Å². The van der Waals surface area contributed by atoms with Gasteiger partial charge in [-0.1, -0.05) is 110 Å². The van der Waals surface area contributed by atoms with E-state index in [0.717, 1.165) is 37.3 Å². The molecule has 4 aromatic rings. The monoisotopic (exact) mass is 832 g/mol. The summed E-state index contributed by atoms with van der Waals surface area (Å²) in [6.07, 6.45) is 5.41. The van der Waals surface area contributed by atoms with E-state index < -0.39 is 33.4 Å². The number of imide groups is 1. The summed E-state index contributed by atoms with van der Waals surface area (Å²) in [5.74, 6) is -1.59. The number of amides is 2. The van der Waals surface area contributed by atoms with Crippen LogP contribution in [0, 0.1) is 17.8 Å². The van der Waals surface area contributed by atoms with E-state index in [4.69, 9.17) is 9.08 Å². The van der Waals surface area contributed by atoms with Gasteiger partial charge in [0.05, 0.1) is 30.2 Å². The molecule has 3 heterocycles. The molecule has 11 heteroatoms. The average molecular weight is 834 g/mol. The van der Waals surface area contributed by atoms with Crippen molar-refractivity contribution in [3.8, 4) is 5.75 Å². The van der Waals surface area contributed by atoms with E-state index in [1.807, 2.05) is 49.4 Å². The molecule has 7 rings (SSSR count). The Bertz CT molecular complexity index is 2070. The summed E-state index contributed by atoms with van der Waals surface area (Å²) in [5.41, 5.74) is 4.25. The van der Waals surface area contributed by atoms with E-state index >= 15 is 0 Å². The number of phenolic OH excluding ortho intramolecular Hbond substituents is 1. The molecule has 3 aliphatic rings. The van der Waals surface area contributed by atoms with Crippen LogP contribution in [-0.2, 0) is 18.7 Å². The molecule has 3 aromatic carbocycles. The average Bonchev–Trinajstić information content (AvgIpc) is 3.43. The minimum absolute atomic E-state index is 0.129. The van der Waals surface area contributed by atoms with Crippen molar-refractivity contribution in [1.82, 2.24) is 9.88 Å². The van der Waals surface area contributed by atoms with Gasteiger partial charge in [0.2, 0.25) is 11.8 Å². The van der Waals surface area contributed by atoms with Crippen molar-refractivity contribution < 1.29 is 28.8 Å². The standard InChI is InChI=1S/C45H50BBrN2O6Si/c1-5-24-49-43(51)36-27-32(29-54-56(45(2,3)4,34-14-8-6-9-15-34)35-16-10-7-11-17-35)41-37(42(36)44(49)52)28-46(53)55-40(41)22-19-30(38-18-12-13-23-48-38)25-31-26-33(47)20-21-39(31)50/h6-18,20-21,23,25-26,36-37,40,42,50,53H,5,19,22,24,27-29H2,1-4H3/b30-25-/t36-,37+,40-,42-/m1/s1. The Balaban J connectivity index is 1.32. The molecular weight excluding hydrogens is 783 g/mol. The first-order valence-electron chi connectivity index (χ1n) is 19.7. The number of pyridine rings is 1. The molecule has 56 heavy (non-hydrogen) atoms. The van der Waals surface area contributed by atoms with Gasteiger partial charge in [-0.15, -0.1) is 0 Å². The molecule has 290 valence electrons. The fourth-order valence-electron chi connectivity index (χ4n) is 9.30. The highest BCUT2D eigenvalue weighted by atomic mass is 79.9. The number of aromatic hydroxyl groups is 1. The maximum absolute atomic E-state index is 14.1. The minimum Gasteiger partial charge on any atom is -0.507 e. The van der Waals surface area contributed by atoms with Crippen LogP contribution in [0.4, 0.5) is 0 Å². The van der Waals surface area contributed by atoms with Gasteiger partial charge in [0.15, 0.2) is 0 Å². The fourth-order valence-corrected chi connectivity index (χ4v) is 14.2. The number of phenols is 1. The normalized spacial score (nSPS) is 21.7. The van der Waals surface area contributed by atoms with Gasteiger partial charge in [-0.05, 0) is 106 Å². The Morgan fingerprint density at radius 2 is 1.66 bits per heavy atom. The number of rotatable bonds is 12. The number of carbonyl (C=O) groups is 2. The second-order valence-electron chi connectivity index (χ2n) is 16.2. The summed E-state index contributed by atoms with van der Waals surface area (Å²) < 4.78 is 14.8. The summed E-state index contributed by atoms with van der Waals surface area (Å²) in [6.45, 7) is 9.36. The van der Waals surface area contributed by atoms with Crippen LogP contribution < -0.4 is 10.4 Å². The first-order valence-corrected chi connectivity index (χ1v) is 22.4. The van der Waals surface area contributed by atoms with Crippen molar-refractivity contribution in [2.75, 3.05) is 13.2 Å². The summed E-state index contributed by atoms with van der Waals surface area (Å²) in [7, 11) is -4.09. The molecule has 0 saturated carbocycles. The number of aromatic nitrogens is 1. The highest BCUT2D eigenvalue weighted by Crippen LogP contribution is 2.51. The van der Waals surface area contributed by atoms with Gasteiger partial charge in [0, 0.05) is 22.8 Å². The molecule has 1 aromatic heterocycles. The summed E-state index contributed by atoms with van der Waals surface area (Å²) in [6, 6.07) is 32.0. The number of allylic oxidation sites excluding steroid dienone is 1. The topological polar surface area (TPSA) is 109 Å². The SMILES string of the molecule is CCCN1C(=O)[C@@H]2[C@@H](CC(CO[Si](c3ccccc3)(c3ccccc3)C(C)(C)C)=C3[C@@H](CC/C(=C/c4cc(Br)ccc4O)c4ccccn4)OB(O)C[C@@H]32)C1=O. The number of benzene rings is 3. The molecule has 2 N–H and O–H groups in total. The minimum atomic E-state index is -2.98. The number of carbonyl (C=O) groups excluding carboxylic acids is 2. The predicted octanol–water partition coefficient (Wildman–Crippen LogP) is 7.65. The number of nitrogens with zero attached hydrogens (tertiary/aromatic N) is 2. The molecule has 2 saturated heterocycles. The van der Waals surface area contributed by atoms with Crippen LogP contribution >= 0.6 is 15.9 Å². The van der Waals surface area contributed by atoms with Crippen molar-refractivity contribution in [1.29, 1.82) is 0 Å². The first-order chi connectivity index (χ1) is 26.9. The van der Waals surface area contributed by atoms with Crippen LogP contribution in [0.1, 0.15) is 64.6 Å². The molecule has 0 spiro atoms. The number of likely N-dealkylation sites (tertiary alicyclic amines) is 1. The first kappa shape index (κ1) is 40.1. The van der Waals surface area contributed by atoms with E-state index in [-0.39, 0.29) is 41.4 Å². The van der Waals surface area contributed by atoms with Gasteiger partial charge in [-0.25, -0.2) is 0 Å². The number of hydrogen-bond acceptors (Lipinski definition) is 7. The molecule has 8 nitrogen and oxygen atoms in total. The van der Waals surface area contributed by atoms with Gasteiger partial charge < -0.3 is 19.2 Å². The highest BCUT2D eigenvalue weighted by molar-refractivity contribution is 9.10. The third-order valence-corrected chi connectivity index (χ3v) is 17.2. The number of halogens is 1. The Kier molecular flexibility index (Phi) is 12.0. The maximum Gasteiger partial charge on any atom is 0.455 e. The second kappa shape index (κ2) is 16.8. The Hall–Kier alpha value is -4.13. The molecule has 0 unspecified atom stereocenters. The number of hydrogen-bond donors (Lipinski definition) is 2. The summed E-state index contributed by atoms with van der Waals surface area (Å²) in [5, 5.41) is 24.2. The van der Waals surface area contributed by atoms with E-state index in [0.29, 0.717) is 37.8 Å². The highest BCUT2D eigenvalue weighted by Gasteiger charge is 2.58. The molecule has 2 fully saturated rings. The Morgan fingerprint density at radius 3 is 2.29 bits per heavy atom. The van der Waals surface area contributed by atoms with Crippen LogP contribution in [0.25, 0.3) is 11.6 Å². The molecular formula is C45H50BBrN2O6Si. The van der Waals surface area contributed by atoms with E-state index in [1.165, 1.54) is 4.90 Å². The Morgan fingerprint density at radius 1 is 0.982 bits per heavy atom. The van der Waals surface area contributed by atoms with Gasteiger partial charge in [-0.3, -0.25) is 19.5 Å². The molecule has 1 aliphatic carbocycles. The molecule has 2 amide bonds. The lowest BCUT2D eigenvalue weighted by atomic mass is 9.58. The lowest BCUT2D eigenvalue weighted by Gasteiger charge is -2.46. The molecule has 2 aliphatic heterocycles. The van der Waals surface area contributed by atoms with Crippen LogP contribution in [0.3, 0.4) is 0 Å². The Labute approximate surface area is 340 Å². The fraction of sp³-hybridized carbons (Fsp3) is 0.356. The van der Waals surface area contributed by atoms with Crippen molar-refractivity contribution in [2.24, 2.45) is 17.8 Å². The van der Waals surface area contributed by atoms with Crippen molar-refractivity contribution in [2.45, 2.75) is 70.8 Å². The third-order valence-electron chi connectivity index (χ3n) is 11.7. The van der Waals surface area contributed by atoms with E-state index in [2.05, 4.69) is 90.2 Å². The number of fused-ring (bicyclic) bond motifs is 3. The third kappa shape index (κ3) is 7.76. The summed E-state index contributed by atoms with van der Waals surface area (Å²) in [4.78, 5) is 34.3. The van der Waals surface area contributed by atoms with Gasteiger partial charge in [-0.2, -0.15) is 0 Å². The lowest BCUT2D eigenvalue weighted by molar-refractivity contribution is -0.140. The van der Waals surface area contributed by atoms with Gasteiger partial charge in [0.1, 0.15) is 5.75 Å². The summed E-state index contributed by atoms with van der Waals surface area (Å²) >= 11 is 3.54. The van der Waals surface area contributed by atoms with Crippen molar-refractivity contribution in [3.05, 3.63) is 130 Å². The van der Waals surface area contributed by atoms with Gasteiger partial charge in [0.25, 0.3) is 8.32 Å². The van der Waals surface area contributed by atoms with Crippen LogP contribution in [0.15, 0.2) is 119 Å². The molecule has 0 bridgehead atoms. The lowest BCUT2D eigenvalue weighted by Crippen LogP contribution is -2.66. The predicted molar refractivity (Wildman–Crippen MR) is 227 cm³/mol. The van der Waals surface area contributed by atoms with Crippen LogP contribution in [-0.4, -0.2) is 66.5 Å². The molecule has 0 radical (unpaired) electrons. The largest absolute Gasteiger partial charge is 0.507 e. The van der Waals surface area contributed by atoms with E-state index in [9.17, 15) is 19.7 Å². The smallest absolute Gasteiger partial charge is 0.455 e. The van der Waals surface area contributed by atoms with E-state index in [1.54, 1.807) is 18.3 Å².